The number of carboxylic acids is 1. The number of ether oxygens (including phenoxy) is 1. The molecule has 2 aromatic carbocycles. The summed E-state index contributed by atoms with van der Waals surface area (Å²) in [5, 5.41) is 13.5. The van der Waals surface area contributed by atoms with Crippen molar-refractivity contribution in [1.82, 2.24) is 5.32 Å². The third kappa shape index (κ3) is 4.54. The first-order valence-corrected chi connectivity index (χ1v) is 6.90. The lowest BCUT2D eigenvalue weighted by Crippen LogP contribution is -2.34. The van der Waals surface area contributed by atoms with Crippen LogP contribution in [0.3, 0.4) is 0 Å². The van der Waals surface area contributed by atoms with Gasteiger partial charge in [0.1, 0.15) is 11.6 Å². The van der Waals surface area contributed by atoms with Gasteiger partial charge in [0, 0.05) is 18.0 Å². The van der Waals surface area contributed by atoms with E-state index in [-0.39, 0.29) is 12.0 Å². The lowest BCUT2D eigenvalue weighted by molar-refractivity contribution is -0.306. The first-order valence-electron chi connectivity index (χ1n) is 6.90. The largest absolute Gasteiger partial charge is 0.550 e. The first-order chi connectivity index (χ1) is 11.0. The van der Waals surface area contributed by atoms with Crippen LogP contribution < -0.4 is 15.2 Å². The lowest BCUT2D eigenvalue weighted by atomic mass is 10.0. The molecule has 6 heteroatoms. The minimum atomic E-state index is -1.29. The molecule has 120 valence electrons. The van der Waals surface area contributed by atoms with Gasteiger partial charge in [-0.3, -0.25) is 4.79 Å². The van der Waals surface area contributed by atoms with E-state index in [2.05, 4.69) is 5.32 Å². The zero-order chi connectivity index (χ0) is 16.8. The van der Waals surface area contributed by atoms with Crippen molar-refractivity contribution in [2.75, 3.05) is 7.11 Å². The minimum absolute atomic E-state index is 0.239. The number of carbonyl (C=O) groups is 2. The SMILES string of the molecule is COc1ccc([C@H](CC(=O)[O-])NC(=O)c2ccc(F)cc2)cc1. The van der Waals surface area contributed by atoms with Gasteiger partial charge in [-0.25, -0.2) is 4.39 Å². The number of hydrogen-bond acceptors (Lipinski definition) is 4. The predicted molar refractivity (Wildman–Crippen MR) is 79.2 cm³/mol. The number of rotatable bonds is 6. The molecule has 0 radical (unpaired) electrons. The maximum atomic E-state index is 12.9. The molecule has 1 atom stereocenters. The molecule has 0 fully saturated rings. The summed E-state index contributed by atoms with van der Waals surface area (Å²) in [7, 11) is 1.52. The smallest absolute Gasteiger partial charge is 0.251 e. The second-order valence-electron chi connectivity index (χ2n) is 4.88. The topological polar surface area (TPSA) is 78.5 Å². The molecule has 0 bridgehead atoms. The van der Waals surface area contributed by atoms with Crippen LogP contribution in [-0.4, -0.2) is 19.0 Å². The van der Waals surface area contributed by atoms with Gasteiger partial charge in [0.15, 0.2) is 0 Å². The molecule has 0 saturated carbocycles. The van der Waals surface area contributed by atoms with E-state index in [1.54, 1.807) is 24.3 Å². The van der Waals surface area contributed by atoms with Gasteiger partial charge in [0.2, 0.25) is 0 Å². The van der Waals surface area contributed by atoms with Crippen molar-refractivity contribution in [1.29, 1.82) is 0 Å². The molecule has 0 aromatic heterocycles. The van der Waals surface area contributed by atoms with Crippen LogP contribution in [0.1, 0.15) is 28.4 Å². The Morgan fingerprint density at radius 3 is 2.26 bits per heavy atom. The van der Waals surface area contributed by atoms with Crippen LogP contribution in [0, 0.1) is 5.82 Å². The summed E-state index contributed by atoms with van der Waals surface area (Å²) in [5.41, 5.74) is 0.841. The Hall–Kier alpha value is -2.89. The molecule has 0 unspecified atom stereocenters. The minimum Gasteiger partial charge on any atom is -0.550 e. The summed E-state index contributed by atoms with van der Waals surface area (Å²) in [5.74, 6) is -1.62. The number of aliphatic carboxylic acids is 1. The highest BCUT2D eigenvalue weighted by Gasteiger charge is 2.16. The molecule has 2 aromatic rings. The Kier molecular flexibility index (Phi) is 5.30. The van der Waals surface area contributed by atoms with Crippen LogP contribution in [0.5, 0.6) is 5.75 Å². The number of carboxylic acid groups (broad SMARTS) is 1. The van der Waals surface area contributed by atoms with Crippen molar-refractivity contribution in [3.8, 4) is 5.75 Å². The second kappa shape index (κ2) is 7.40. The molecular formula is C17H15FNO4-. The summed E-state index contributed by atoms with van der Waals surface area (Å²) < 4.78 is 17.9. The lowest BCUT2D eigenvalue weighted by Gasteiger charge is -2.20. The highest BCUT2D eigenvalue weighted by Crippen LogP contribution is 2.20. The number of methoxy groups -OCH3 is 1. The highest BCUT2D eigenvalue weighted by atomic mass is 19.1. The number of halogens is 1. The first kappa shape index (κ1) is 16.5. The Labute approximate surface area is 132 Å². The zero-order valence-electron chi connectivity index (χ0n) is 12.4. The molecule has 5 nitrogen and oxygen atoms in total. The van der Waals surface area contributed by atoms with Crippen molar-refractivity contribution in [3.05, 3.63) is 65.5 Å². The van der Waals surface area contributed by atoms with Crippen molar-refractivity contribution >= 4 is 11.9 Å². The molecule has 0 aliphatic carbocycles. The average molecular weight is 316 g/mol. The monoisotopic (exact) mass is 316 g/mol. The standard InChI is InChI=1S/C17H16FNO4/c1-23-14-8-4-11(5-9-14)15(10-16(20)21)19-17(22)12-2-6-13(18)7-3-12/h2-9,15H,10H2,1H3,(H,19,22)(H,20,21)/p-1/t15-/m0/s1. The van der Waals surface area contributed by atoms with Gasteiger partial charge >= 0.3 is 0 Å². The summed E-state index contributed by atoms with van der Waals surface area (Å²) in [6, 6.07) is 10.9. The van der Waals surface area contributed by atoms with Crippen LogP contribution in [0.4, 0.5) is 4.39 Å². The second-order valence-corrected chi connectivity index (χ2v) is 4.88. The van der Waals surface area contributed by atoms with Gasteiger partial charge < -0.3 is 20.0 Å². The van der Waals surface area contributed by atoms with Crippen LogP contribution >= 0.6 is 0 Å². The van der Waals surface area contributed by atoms with E-state index in [0.29, 0.717) is 11.3 Å². The normalized spacial score (nSPS) is 11.6. The van der Waals surface area contributed by atoms with Gasteiger partial charge in [-0.2, -0.15) is 0 Å². The van der Waals surface area contributed by atoms with E-state index in [1.165, 1.54) is 19.2 Å². The van der Waals surface area contributed by atoms with Crippen LogP contribution in [0.2, 0.25) is 0 Å². The number of carbonyl (C=O) groups excluding carboxylic acids is 2. The fraction of sp³-hybridized carbons (Fsp3) is 0.176. The van der Waals surface area contributed by atoms with E-state index in [9.17, 15) is 19.1 Å². The molecule has 2 rings (SSSR count). The predicted octanol–water partition coefficient (Wildman–Crippen LogP) is 1.45. The number of hydrogen-bond donors (Lipinski definition) is 1. The van der Waals surface area contributed by atoms with Crippen molar-refractivity contribution < 1.29 is 23.8 Å². The van der Waals surface area contributed by atoms with E-state index in [4.69, 9.17) is 4.74 Å². The van der Waals surface area contributed by atoms with Gasteiger partial charge in [-0.15, -0.1) is 0 Å². The van der Waals surface area contributed by atoms with Crippen molar-refractivity contribution in [2.24, 2.45) is 0 Å². The Morgan fingerprint density at radius 2 is 1.74 bits per heavy atom. The third-order valence-corrected chi connectivity index (χ3v) is 3.30. The van der Waals surface area contributed by atoms with E-state index in [1.807, 2.05) is 0 Å². The van der Waals surface area contributed by atoms with Gasteiger partial charge in [0.25, 0.3) is 5.91 Å². The Balaban J connectivity index is 2.18. The summed E-state index contributed by atoms with van der Waals surface area (Å²) in [6.45, 7) is 0. The molecule has 0 spiro atoms. The molecule has 0 aliphatic rings. The quantitative estimate of drug-likeness (QED) is 0.875. The summed E-state index contributed by atoms with van der Waals surface area (Å²) >= 11 is 0. The molecular weight excluding hydrogens is 301 g/mol. The Bertz CT molecular complexity index is 683. The summed E-state index contributed by atoms with van der Waals surface area (Å²) in [6.07, 6.45) is -0.376. The van der Waals surface area contributed by atoms with E-state index < -0.39 is 23.7 Å². The molecule has 1 N–H and O–H groups in total. The molecule has 23 heavy (non-hydrogen) atoms. The van der Waals surface area contributed by atoms with Gasteiger partial charge in [-0.1, -0.05) is 12.1 Å². The maximum Gasteiger partial charge on any atom is 0.251 e. The van der Waals surface area contributed by atoms with Crippen LogP contribution in [0.15, 0.2) is 48.5 Å². The molecule has 0 aliphatic heterocycles. The Morgan fingerprint density at radius 1 is 1.13 bits per heavy atom. The van der Waals surface area contributed by atoms with Crippen LogP contribution in [0.25, 0.3) is 0 Å². The number of benzene rings is 2. The van der Waals surface area contributed by atoms with Crippen molar-refractivity contribution in [2.45, 2.75) is 12.5 Å². The number of amides is 1. The van der Waals surface area contributed by atoms with E-state index >= 15 is 0 Å². The number of nitrogens with one attached hydrogen (secondary N) is 1. The summed E-state index contributed by atoms with van der Waals surface area (Å²) in [4.78, 5) is 23.1. The fourth-order valence-corrected chi connectivity index (χ4v) is 2.10. The average Bonchev–Trinajstić information content (AvgIpc) is 2.54. The highest BCUT2D eigenvalue weighted by molar-refractivity contribution is 5.94. The fourth-order valence-electron chi connectivity index (χ4n) is 2.10. The van der Waals surface area contributed by atoms with Gasteiger partial charge in [-0.05, 0) is 42.0 Å². The van der Waals surface area contributed by atoms with E-state index in [0.717, 1.165) is 12.1 Å². The van der Waals surface area contributed by atoms with Gasteiger partial charge in [0.05, 0.1) is 13.2 Å². The zero-order valence-corrected chi connectivity index (χ0v) is 12.4. The maximum absolute atomic E-state index is 12.9. The van der Waals surface area contributed by atoms with Crippen LogP contribution in [-0.2, 0) is 4.79 Å². The molecule has 0 heterocycles. The molecule has 0 saturated heterocycles. The van der Waals surface area contributed by atoms with Crippen molar-refractivity contribution in [3.63, 3.8) is 0 Å². The third-order valence-electron chi connectivity index (χ3n) is 3.30. The molecule has 1 amide bonds.